The van der Waals surface area contributed by atoms with Crippen LogP contribution in [0.1, 0.15) is 30.7 Å². The Balaban J connectivity index is 2.42. The third kappa shape index (κ3) is 2.15. The van der Waals surface area contributed by atoms with Crippen LogP contribution in [0.2, 0.25) is 0 Å². The van der Waals surface area contributed by atoms with E-state index in [-0.39, 0.29) is 0 Å². The van der Waals surface area contributed by atoms with E-state index in [1.54, 1.807) is 24.1 Å². The first-order chi connectivity index (χ1) is 8.56. The van der Waals surface area contributed by atoms with Gasteiger partial charge < -0.3 is 10.8 Å². The molecule has 2 rings (SSSR count). The molecule has 1 atom stereocenters. The van der Waals surface area contributed by atoms with Crippen LogP contribution in [-0.2, 0) is 13.6 Å². The highest BCUT2D eigenvalue weighted by atomic mass is 79.9. The molecular formula is C11H16BrN5O. The van der Waals surface area contributed by atoms with Crippen LogP contribution < -0.4 is 5.73 Å². The van der Waals surface area contributed by atoms with Gasteiger partial charge in [0, 0.05) is 19.2 Å². The maximum absolute atomic E-state index is 10.4. The second-order valence-corrected chi connectivity index (χ2v) is 4.97. The molecule has 0 amide bonds. The van der Waals surface area contributed by atoms with Gasteiger partial charge in [0.05, 0.1) is 22.6 Å². The molecule has 6 nitrogen and oxygen atoms in total. The molecule has 0 aliphatic carbocycles. The molecule has 0 spiro atoms. The van der Waals surface area contributed by atoms with E-state index in [4.69, 9.17) is 5.73 Å². The van der Waals surface area contributed by atoms with Gasteiger partial charge in [-0.05, 0) is 22.4 Å². The van der Waals surface area contributed by atoms with Gasteiger partial charge in [-0.2, -0.15) is 10.2 Å². The molecule has 0 aromatic carbocycles. The van der Waals surface area contributed by atoms with Gasteiger partial charge in [-0.15, -0.1) is 0 Å². The lowest BCUT2D eigenvalue weighted by Crippen LogP contribution is -2.12. The monoisotopic (exact) mass is 313 g/mol. The first kappa shape index (κ1) is 13.1. The minimum atomic E-state index is -0.831. The Morgan fingerprint density at radius 1 is 1.44 bits per heavy atom. The summed E-state index contributed by atoms with van der Waals surface area (Å²) in [6, 6.07) is 0. The number of hydrogen-bond acceptors (Lipinski definition) is 4. The molecule has 18 heavy (non-hydrogen) atoms. The standard InChI is InChI=1S/C11H16BrN5O/c1-3-4-17-9(8(12)6-15-17)10(18)7-5-14-16(2)11(7)13/h5-6,10,18H,3-4,13H2,1-2H3. The van der Waals surface area contributed by atoms with E-state index in [1.165, 1.54) is 4.68 Å². The predicted octanol–water partition coefficient (Wildman–Crippen LogP) is 1.45. The van der Waals surface area contributed by atoms with E-state index in [0.29, 0.717) is 17.1 Å². The van der Waals surface area contributed by atoms with Gasteiger partial charge in [0.25, 0.3) is 0 Å². The third-order valence-electron chi connectivity index (χ3n) is 2.84. The van der Waals surface area contributed by atoms with Crippen LogP contribution in [0, 0.1) is 0 Å². The zero-order chi connectivity index (χ0) is 13.3. The van der Waals surface area contributed by atoms with Crippen molar-refractivity contribution in [2.24, 2.45) is 7.05 Å². The smallest absolute Gasteiger partial charge is 0.127 e. The van der Waals surface area contributed by atoms with Crippen LogP contribution in [0.5, 0.6) is 0 Å². The van der Waals surface area contributed by atoms with Crippen molar-refractivity contribution in [2.45, 2.75) is 26.0 Å². The lowest BCUT2D eigenvalue weighted by atomic mass is 10.1. The first-order valence-corrected chi connectivity index (χ1v) is 6.52. The summed E-state index contributed by atoms with van der Waals surface area (Å²) in [5.74, 6) is 0.457. The fourth-order valence-corrected chi connectivity index (χ4v) is 2.37. The molecule has 7 heteroatoms. The molecule has 3 N–H and O–H groups in total. The van der Waals surface area contributed by atoms with Crippen molar-refractivity contribution in [1.29, 1.82) is 0 Å². The summed E-state index contributed by atoms with van der Waals surface area (Å²) in [4.78, 5) is 0. The molecule has 0 aliphatic rings. The molecule has 2 aromatic rings. The van der Waals surface area contributed by atoms with Crippen molar-refractivity contribution in [2.75, 3.05) is 5.73 Å². The number of nitrogen functional groups attached to an aromatic ring is 1. The number of aliphatic hydroxyl groups excluding tert-OH is 1. The van der Waals surface area contributed by atoms with Gasteiger partial charge in [0.15, 0.2) is 0 Å². The average Bonchev–Trinajstić information content (AvgIpc) is 2.85. The zero-order valence-corrected chi connectivity index (χ0v) is 11.9. The Kier molecular flexibility index (Phi) is 3.72. The number of aromatic nitrogens is 4. The van der Waals surface area contributed by atoms with E-state index in [9.17, 15) is 5.11 Å². The van der Waals surface area contributed by atoms with Gasteiger partial charge in [-0.1, -0.05) is 6.92 Å². The summed E-state index contributed by atoms with van der Waals surface area (Å²) in [6.07, 6.45) is 3.37. The van der Waals surface area contributed by atoms with Gasteiger partial charge >= 0.3 is 0 Å². The Morgan fingerprint density at radius 2 is 2.17 bits per heavy atom. The number of halogens is 1. The third-order valence-corrected chi connectivity index (χ3v) is 3.45. The molecule has 98 valence electrons. The van der Waals surface area contributed by atoms with Crippen molar-refractivity contribution in [1.82, 2.24) is 19.6 Å². The van der Waals surface area contributed by atoms with Crippen LogP contribution in [0.4, 0.5) is 5.82 Å². The minimum Gasteiger partial charge on any atom is -0.384 e. The maximum atomic E-state index is 10.4. The zero-order valence-electron chi connectivity index (χ0n) is 10.3. The molecule has 2 heterocycles. The highest BCUT2D eigenvalue weighted by Crippen LogP contribution is 2.31. The average molecular weight is 314 g/mol. The van der Waals surface area contributed by atoms with Gasteiger partial charge in [0.2, 0.25) is 0 Å². The predicted molar refractivity (Wildman–Crippen MR) is 71.9 cm³/mol. The van der Waals surface area contributed by atoms with Crippen molar-refractivity contribution in [3.8, 4) is 0 Å². The molecule has 2 aromatic heterocycles. The van der Waals surface area contributed by atoms with Crippen LogP contribution in [-0.4, -0.2) is 24.7 Å². The number of hydrogen-bond donors (Lipinski definition) is 2. The fourth-order valence-electron chi connectivity index (χ4n) is 1.86. The largest absolute Gasteiger partial charge is 0.384 e. The molecule has 0 aliphatic heterocycles. The van der Waals surface area contributed by atoms with Gasteiger partial charge in [-0.3, -0.25) is 9.36 Å². The Bertz CT molecular complexity index is 548. The molecule has 0 saturated heterocycles. The quantitative estimate of drug-likeness (QED) is 0.895. The van der Waals surface area contributed by atoms with Gasteiger partial charge in [0.1, 0.15) is 11.9 Å². The number of aliphatic hydroxyl groups is 1. The maximum Gasteiger partial charge on any atom is 0.127 e. The summed E-state index contributed by atoms with van der Waals surface area (Å²) < 4.78 is 4.08. The Labute approximate surface area is 114 Å². The number of aryl methyl sites for hydroxylation is 2. The second kappa shape index (κ2) is 5.11. The molecule has 0 bridgehead atoms. The lowest BCUT2D eigenvalue weighted by Gasteiger charge is -2.13. The molecule has 0 fully saturated rings. The van der Waals surface area contributed by atoms with Crippen molar-refractivity contribution in [3.63, 3.8) is 0 Å². The van der Waals surface area contributed by atoms with Crippen LogP contribution in [0.3, 0.4) is 0 Å². The number of anilines is 1. The van der Waals surface area contributed by atoms with Crippen LogP contribution in [0.25, 0.3) is 0 Å². The highest BCUT2D eigenvalue weighted by Gasteiger charge is 2.23. The van der Waals surface area contributed by atoms with Crippen LogP contribution in [0.15, 0.2) is 16.9 Å². The fraction of sp³-hybridized carbons (Fsp3) is 0.455. The number of nitrogens with zero attached hydrogens (tertiary/aromatic N) is 4. The molecule has 1 unspecified atom stereocenters. The van der Waals surface area contributed by atoms with Crippen molar-refractivity contribution >= 4 is 21.7 Å². The summed E-state index contributed by atoms with van der Waals surface area (Å²) in [5.41, 5.74) is 7.18. The summed E-state index contributed by atoms with van der Waals surface area (Å²) in [7, 11) is 1.74. The molecule has 0 radical (unpaired) electrons. The lowest BCUT2D eigenvalue weighted by molar-refractivity contribution is 0.207. The second-order valence-electron chi connectivity index (χ2n) is 4.11. The number of nitrogens with two attached hydrogens (primary N) is 1. The summed E-state index contributed by atoms with van der Waals surface area (Å²) >= 11 is 3.41. The normalized spacial score (nSPS) is 12.9. The van der Waals surface area contributed by atoms with Gasteiger partial charge in [-0.25, -0.2) is 0 Å². The Hall–Kier alpha value is -1.34. The summed E-state index contributed by atoms with van der Waals surface area (Å²) in [6.45, 7) is 2.81. The van der Waals surface area contributed by atoms with E-state index in [0.717, 1.165) is 17.4 Å². The Morgan fingerprint density at radius 3 is 2.72 bits per heavy atom. The van der Waals surface area contributed by atoms with E-state index in [2.05, 4.69) is 33.1 Å². The van der Waals surface area contributed by atoms with E-state index >= 15 is 0 Å². The first-order valence-electron chi connectivity index (χ1n) is 5.72. The van der Waals surface area contributed by atoms with Crippen molar-refractivity contribution in [3.05, 3.63) is 28.1 Å². The van der Waals surface area contributed by atoms with Crippen molar-refractivity contribution < 1.29 is 5.11 Å². The SMILES string of the molecule is CCCn1ncc(Br)c1C(O)c1cnn(C)c1N. The number of rotatable bonds is 4. The van der Waals surface area contributed by atoms with E-state index < -0.39 is 6.10 Å². The highest BCUT2D eigenvalue weighted by molar-refractivity contribution is 9.10. The molecule has 0 saturated carbocycles. The van der Waals surface area contributed by atoms with Crippen LogP contribution >= 0.6 is 15.9 Å². The minimum absolute atomic E-state index is 0.457. The van der Waals surface area contributed by atoms with E-state index in [1.807, 2.05) is 0 Å². The molecular weight excluding hydrogens is 298 g/mol. The summed E-state index contributed by atoms with van der Waals surface area (Å²) in [5, 5.41) is 18.7. The topological polar surface area (TPSA) is 81.9 Å².